The molecule has 5 rings (SSSR count). The molecule has 35 heavy (non-hydrogen) atoms. The van der Waals surface area contributed by atoms with Gasteiger partial charge in [-0.3, -0.25) is 4.90 Å². The lowest BCUT2D eigenvalue weighted by Gasteiger charge is -2.55. The Hall–Kier alpha value is -2.42. The van der Waals surface area contributed by atoms with Gasteiger partial charge in [-0.2, -0.15) is 0 Å². The van der Waals surface area contributed by atoms with Crippen LogP contribution in [0.3, 0.4) is 0 Å². The molecule has 0 amide bonds. The zero-order chi connectivity index (χ0) is 25.3. The Kier molecular flexibility index (Phi) is 10.1. The van der Waals surface area contributed by atoms with Gasteiger partial charge in [0, 0.05) is 51.4 Å². The minimum atomic E-state index is 0.201. The van der Waals surface area contributed by atoms with E-state index in [0.29, 0.717) is 28.6 Å². The second-order valence-corrected chi connectivity index (χ2v) is 9.58. The van der Waals surface area contributed by atoms with Gasteiger partial charge in [-0.05, 0) is 36.5 Å². The fourth-order valence-corrected chi connectivity index (χ4v) is 5.06. The van der Waals surface area contributed by atoms with Gasteiger partial charge in [0.05, 0.1) is 24.1 Å². The number of anilines is 2. The van der Waals surface area contributed by atoms with Gasteiger partial charge in [0.2, 0.25) is 0 Å². The van der Waals surface area contributed by atoms with E-state index in [-0.39, 0.29) is 5.75 Å². The van der Waals surface area contributed by atoms with Crippen molar-refractivity contribution in [3.05, 3.63) is 30.3 Å². The van der Waals surface area contributed by atoms with E-state index in [2.05, 4.69) is 39.2 Å². The summed E-state index contributed by atoms with van der Waals surface area (Å²) in [4.78, 5) is 4.85. The molecule has 0 bridgehead atoms. The van der Waals surface area contributed by atoms with Gasteiger partial charge in [0.1, 0.15) is 5.75 Å². The van der Waals surface area contributed by atoms with E-state index in [4.69, 9.17) is 10.5 Å². The third-order valence-corrected chi connectivity index (χ3v) is 6.73. The highest BCUT2D eigenvalue weighted by atomic mass is 16.5. The van der Waals surface area contributed by atoms with E-state index in [1.54, 1.807) is 12.1 Å². The minimum Gasteiger partial charge on any atom is -0.507 e. The molecule has 4 N–H and O–H groups in total. The van der Waals surface area contributed by atoms with Crippen LogP contribution in [-0.4, -0.2) is 78.7 Å². The number of ether oxygens (including phenoxy) is 1. The number of phenols is 1. The van der Waals surface area contributed by atoms with Crippen LogP contribution in [0.25, 0.3) is 11.3 Å². The molecule has 3 saturated heterocycles. The van der Waals surface area contributed by atoms with Crippen molar-refractivity contribution in [1.29, 1.82) is 0 Å². The van der Waals surface area contributed by atoms with Crippen LogP contribution in [0.2, 0.25) is 0 Å². The highest BCUT2D eigenvalue weighted by molar-refractivity contribution is 5.74. The zero-order valence-corrected chi connectivity index (χ0v) is 22.0. The molecule has 1 spiro atoms. The lowest BCUT2D eigenvalue weighted by Crippen LogP contribution is -2.62. The first-order valence-electron chi connectivity index (χ1n) is 13.2. The fraction of sp³-hybridized carbons (Fsp3) is 0.630. The summed E-state index contributed by atoms with van der Waals surface area (Å²) in [5, 5.41) is 21.9. The predicted octanol–water partition coefficient (Wildman–Crippen LogP) is 3.76. The second-order valence-electron chi connectivity index (χ2n) is 9.58. The quantitative estimate of drug-likeness (QED) is 0.603. The molecule has 0 radical (unpaired) electrons. The summed E-state index contributed by atoms with van der Waals surface area (Å²) in [6.07, 6.45) is 3.88. The number of aromatic nitrogens is 2. The van der Waals surface area contributed by atoms with Gasteiger partial charge in [0.25, 0.3) is 0 Å². The maximum atomic E-state index is 10.2. The number of rotatable bonds is 4. The van der Waals surface area contributed by atoms with Crippen LogP contribution >= 0.6 is 0 Å². The average Bonchev–Trinajstić information content (AvgIpc) is 2.87. The molecule has 3 aliphatic rings. The number of piperidine rings is 1. The fourth-order valence-electron chi connectivity index (χ4n) is 5.06. The molecule has 1 unspecified atom stereocenters. The Labute approximate surface area is 210 Å². The van der Waals surface area contributed by atoms with E-state index in [1.165, 1.54) is 6.42 Å². The number of likely N-dealkylation sites (tertiary alicyclic amines) is 1. The van der Waals surface area contributed by atoms with Crippen LogP contribution in [0.1, 0.15) is 47.0 Å². The van der Waals surface area contributed by atoms with E-state index in [9.17, 15) is 5.11 Å². The maximum absolute atomic E-state index is 10.2. The van der Waals surface area contributed by atoms with Crippen molar-refractivity contribution >= 4 is 11.5 Å². The maximum Gasteiger partial charge on any atom is 0.169 e. The molecule has 1 aromatic carbocycles. The number of hydrogen-bond donors (Lipinski definition) is 3. The van der Waals surface area contributed by atoms with E-state index in [0.717, 1.165) is 70.9 Å². The van der Waals surface area contributed by atoms with Crippen LogP contribution in [0.15, 0.2) is 30.3 Å². The first kappa shape index (κ1) is 27.2. The lowest BCUT2D eigenvalue weighted by atomic mass is 9.72. The monoisotopic (exact) mass is 484 g/mol. The topological polar surface area (TPSA) is 99.8 Å². The molecule has 194 valence electrons. The molecule has 2 aromatic rings. The normalized spacial score (nSPS) is 21.3. The van der Waals surface area contributed by atoms with Gasteiger partial charge in [-0.1, -0.05) is 46.2 Å². The summed E-state index contributed by atoms with van der Waals surface area (Å²) in [5.41, 5.74) is 8.83. The smallest absolute Gasteiger partial charge is 0.169 e. The summed E-state index contributed by atoms with van der Waals surface area (Å²) >= 11 is 0. The van der Waals surface area contributed by atoms with Gasteiger partial charge >= 0.3 is 0 Å². The van der Waals surface area contributed by atoms with Gasteiger partial charge in [-0.25, -0.2) is 0 Å². The van der Waals surface area contributed by atoms with Crippen LogP contribution < -0.4 is 16.0 Å². The summed E-state index contributed by atoms with van der Waals surface area (Å²) in [5.74, 6) is 0.647. The molecular weight excluding hydrogens is 440 g/mol. The van der Waals surface area contributed by atoms with E-state index >= 15 is 0 Å². The van der Waals surface area contributed by atoms with Gasteiger partial charge in [0.15, 0.2) is 5.82 Å². The number of morpholine rings is 1. The van der Waals surface area contributed by atoms with Crippen LogP contribution in [0.4, 0.5) is 11.5 Å². The number of para-hydroxylation sites is 1. The third kappa shape index (κ3) is 6.84. The Bertz CT molecular complexity index is 902. The number of nitrogens with zero attached hydrogens (tertiary/aromatic N) is 4. The first-order valence-corrected chi connectivity index (χ1v) is 13.2. The number of aromatic hydroxyl groups is 1. The zero-order valence-electron chi connectivity index (χ0n) is 22.0. The van der Waals surface area contributed by atoms with Crippen LogP contribution in [0.5, 0.6) is 5.75 Å². The summed E-state index contributed by atoms with van der Waals surface area (Å²) in [6.45, 7) is 16.3. The van der Waals surface area contributed by atoms with E-state index in [1.807, 2.05) is 32.0 Å². The van der Waals surface area contributed by atoms with Crippen molar-refractivity contribution in [3.8, 4) is 17.0 Å². The third-order valence-electron chi connectivity index (χ3n) is 6.73. The van der Waals surface area contributed by atoms with Crippen molar-refractivity contribution in [3.63, 3.8) is 0 Å². The molecule has 3 fully saturated rings. The number of hydrogen-bond acceptors (Lipinski definition) is 8. The van der Waals surface area contributed by atoms with Crippen molar-refractivity contribution in [1.82, 2.24) is 20.4 Å². The van der Waals surface area contributed by atoms with Gasteiger partial charge in [-0.15, -0.1) is 10.2 Å². The van der Waals surface area contributed by atoms with Crippen molar-refractivity contribution in [2.24, 2.45) is 5.41 Å². The number of phenolic OH excluding ortho intramolecular Hbond substituents is 1. The number of nitrogen functional groups attached to an aromatic ring is 1. The first-order chi connectivity index (χ1) is 17.0. The standard InChI is InChI=1S/C22H30N6O2.C3H8.C2H6/c23-21-19(11-18(25-26-21)17-3-1-2-4-20(17)29)28-8-5-22(6-9-28)14-27(15-22)13-16-12-24-7-10-30-16;1-3-2;1-2/h1-4,11,16,24,29H,5-10,12-15H2,(H2,23,26);3H2,1-2H3;1-2H3. The molecule has 4 heterocycles. The molecule has 3 aliphatic heterocycles. The second kappa shape index (κ2) is 13.0. The number of benzene rings is 1. The van der Waals surface area contributed by atoms with Crippen molar-refractivity contribution in [2.75, 3.05) is 63.1 Å². The van der Waals surface area contributed by atoms with Crippen LogP contribution in [-0.2, 0) is 4.74 Å². The summed E-state index contributed by atoms with van der Waals surface area (Å²) in [7, 11) is 0. The van der Waals surface area contributed by atoms with Crippen molar-refractivity contribution < 1.29 is 9.84 Å². The highest BCUT2D eigenvalue weighted by Gasteiger charge is 2.45. The molecular formula is C27H44N6O2. The molecule has 0 saturated carbocycles. The SMILES string of the molecule is CC.CCC.Nc1nnc(-c2ccccc2O)cc1N1CCC2(CC1)CN(CC1CNCCO1)C2. The molecule has 8 nitrogen and oxygen atoms in total. The Balaban J connectivity index is 0.000000638. The molecule has 8 heteroatoms. The number of nitrogens with one attached hydrogen (secondary N) is 1. The van der Waals surface area contributed by atoms with Gasteiger partial charge < -0.3 is 25.8 Å². The summed E-state index contributed by atoms with van der Waals surface area (Å²) in [6, 6.07) is 9.14. The molecule has 0 aliphatic carbocycles. The predicted molar refractivity (Wildman–Crippen MR) is 144 cm³/mol. The minimum absolute atomic E-state index is 0.201. The van der Waals surface area contributed by atoms with E-state index < -0.39 is 0 Å². The summed E-state index contributed by atoms with van der Waals surface area (Å²) < 4.78 is 5.85. The number of nitrogens with two attached hydrogens (primary N) is 1. The molecule has 1 atom stereocenters. The Morgan fingerprint density at radius 3 is 2.46 bits per heavy atom. The molecule has 1 aromatic heterocycles. The largest absolute Gasteiger partial charge is 0.507 e. The van der Waals surface area contributed by atoms with Crippen molar-refractivity contribution in [2.45, 2.75) is 53.1 Å². The Morgan fingerprint density at radius 2 is 1.83 bits per heavy atom. The lowest BCUT2D eigenvalue weighted by molar-refractivity contribution is -0.0646. The Morgan fingerprint density at radius 1 is 1.14 bits per heavy atom. The van der Waals surface area contributed by atoms with Crippen LogP contribution in [0, 0.1) is 5.41 Å². The average molecular weight is 485 g/mol. The highest BCUT2D eigenvalue weighted by Crippen LogP contribution is 2.42.